The Morgan fingerprint density at radius 3 is 2.09 bits per heavy atom. The first-order valence-corrected chi connectivity index (χ1v) is 8.28. The van der Waals surface area contributed by atoms with Crippen LogP contribution in [0.5, 0.6) is 0 Å². The molecule has 2 aliphatic heterocycles. The van der Waals surface area contributed by atoms with Gasteiger partial charge in [0.25, 0.3) is 0 Å². The Bertz CT molecular complexity index is 271. The van der Waals surface area contributed by atoms with E-state index in [4.69, 9.17) is 18.9 Å². The van der Waals surface area contributed by atoms with Crippen LogP contribution in [0.4, 0.5) is 0 Å². The molecule has 2 aliphatic rings. The fraction of sp³-hybridized carbons (Fsp3) is 1.00. The van der Waals surface area contributed by atoms with E-state index >= 15 is 0 Å². The second-order valence-electron chi connectivity index (χ2n) is 5.71. The maximum absolute atomic E-state index is 9.91. The summed E-state index contributed by atoms with van der Waals surface area (Å²) in [5.74, 6) is 0. The van der Waals surface area contributed by atoms with Crippen molar-refractivity contribution in [2.24, 2.45) is 0 Å². The molecule has 7 heteroatoms. The molecule has 0 aliphatic carbocycles. The van der Waals surface area contributed by atoms with Gasteiger partial charge in [0.05, 0.1) is 59.0 Å². The molecule has 0 bridgehead atoms. The molecule has 1 atom stereocenters. The molecule has 0 saturated carbocycles. The summed E-state index contributed by atoms with van der Waals surface area (Å²) in [7, 11) is 0. The summed E-state index contributed by atoms with van der Waals surface area (Å²) in [6.07, 6.45) is -0.438. The van der Waals surface area contributed by atoms with Crippen molar-refractivity contribution in [1.82, 2.24) is 9.80 Å². The number of rotatable bonds is 10. The summed E-state index contributed by atoms with van der Waals surface area (Å²) in [5, 5.41) is 9.91. The number of β-amino-alcohol motifs (C(OH)–C–C–N with tert-alkyl or cyclic N) is 1. The second-order valence-corrected chi connectivity index (χ2v) is 5.71. The lowest BCUT2D eigenvalue weighted by Crippen LogP contribution is -2.42. The first-order valence-electron chi connectivity index (χ1n) is 8.28. The highest BCUT2D eigenvalue weighted by Crippen LogP contribution is 1.99. The molecule has 0 spiro atoms. The van der Waals surface area contributed by atoms with Gasteiger partial charge >= 0.3 is 0 Å². The van der Waals surface area contributed by atoms with E-state index in [0.717, 1.165) is 65.8 Å². The molecule has 2 saturated heterocycles. The molecule has 130 valence electrons. The van der Waals surface area contributed by atoms with E-state index < -0.39 is 6.10 Å². The molecular formula is C15H30N2O5. The molecule has 2 rings (SSSR count). The van der Waals surface area contributed by atoms with Gasteiger partial charge in [-0.3, -0.25) is 9.80 Å². The minimum Gasteiger partial charge on any atom is -0.389 e. The number of ether oxygens (including phenoxy) is 4. The molecule has 0 aromatic heterocycles. The van der Waals surface area contributed by atoms with Gasteiger partial charge in [0.1, 0.15) is 0 Å². The third-order valence-corrected chi connectivity index (χ3v) is 3.91. The Morgan fingerprint density at radius 1 is 0.818 bits per heavy atom. The standard InChI is InChI=1S/C15H30N2O5/c18-15(13-17-4-9-20-10-5-17)14-22-12-11-21-8-3-16-1-6-19-7-2-16/h15,18H,1-14H2. The first kappa shape index (κ1) is 18.1. The molecule has 2 fully saturated rings. The summed E-state index contributed by atoms with van der Waals surface area (Å²) in [4.78, 5) is 4.55. The van der Waals surface area contributed by atoms with E-state index in [9.17, 15) is 5.11 Å². The van der Waals surface area contributed by atoms with E-state index in [1.54, 1.807) is 0 Å². The van der Waals surface area contributed by atoms with Gasteiger partial charge in [0.15, 0.2) is 0 Å². The van der Waals surface area contributed by atoms with Crippen LogP contribution >= 0.6 is 0 Å². The number of hydrogen-bond donors (Lipinski definition) is 1. The van der Waals surface area contributed by atoms with Crippen molar-refractivity contribution >= 4 is 0 Å². The third kappa shape index (κ3) is 7.82. The van der Waals surface area contributed by atoms with Crippen LogP contribution in [0.25, 0.3) is 0 Å². The summed E-state index contributed by atoms with van der Waals surface area (Å²) >= 11 is 0. The van der Waals surface area contributed by atoms with Crippen molar-refractivity contribution in [1.29, 1.82) is 0 Å². The van der Waals surface area contributed by atoms with Gasteiger partial charge < -0.3 is 24.1 Å². The molecule has 7 nitrogen and oxygen atoms in total. The van der Waals surface area contributed by atoms with E-state index in [-0.39, 0.29) is 0 Å². The van der Waals surface area contributed by atoms with Gasteiger partial charge in [-0.1, -0.05) is 0 Å². The van der Waals surface area contributed by atoms with E-state index in [2.05, 4.69) is 9.80 Å². The van der Waals surface area contributed by atoms with Crippen LogP contribution in [0.3, 0.4) is 0 Å². The first-order chi connectivity index (χ1) is 10.8. The topological polar surface area (TPSA) is 63.6 Å². The predicted molar refractivity (Wildman–Crippen MR) is 82.2 cm³/mol. The lowest BCUT2D eigenvalue weighted by atomic mass is 10.3. The third-order valence-electron chi connectivity index (χ3n) is 3.91. The van der Waals surface area contributed by atoms with Crippen molar-refractivity contribution in [2.75, 3.05) is 92.1 Å². The normalized spacial score (nSPS) is 22.8. The van der Waals surface area contributed by atoms with Crippen LogP contribution in [0.1, 0.15) is 0 Å². The maximum Gasteiger partial charge on any atom is 0.0900 e. The minimum atomic E-state index is -0.438. The van der Waals surface area contributed by atoms with Gasteiger partial charge in [0.2, 0.25) is 0 Å². The highest BCUT2D eigenvalue weighted by atomic mass is 16.5. The lowest BCUT2D eigenvalue weighted by molar-refractivity contribution is -0.0287. The summed E-state index contributed by atoms with van der Waals surface area (Å²) < 4.78 is 21.6. The SMILES string of the molecule is OC(COCCOCCN1CCOCC1)CN1CCOCC1. The van der Waals surface area contributed by atoms with Crippen LogP contribution < -0.4 is 0 Å². The average molecular weight is 318 g/mol. The summed E-state index contributed by atoms with van der Waals surface area (Å²) in [6.45, 7) is 10.7. The fourth-order valence-corrected chi connectivity index (χ4v) is 2.59. The second kappa shape index (κ2) is 11.3. The maximum atomic E-state index is 9.91. The van der Waals surface area contributed by atoms with E-state index in [1.807, 2.05) is 0 Å². The molecule has 0 aromatic rings. The van der Waals surface area contributed by atoms with Crippen molar-refractivity contribution in [3.63, 3.8) is 0 Å². The highest BCUT2D eigenvalue weighted by molar-refractivity contribution is 4.67. The van der Waals surface area contributed by atoms with Crippen LogP contribution in [-0.4, -0.2) is 113 Å². The number of hydrogen-bond acceptors (Lipinski definition) is 7. The van der Waals surface area contributed by atoms with Crippen molar-refractivity contribution in [3.05, 3.63) is 0 Å². The van der Waals surface area contributed by atoms with Crippen LogP contribution in [0.15, 0.2) is 0 Å². The molecule has 0 amide bonds. The zero-order valence-electron chi connectivity index (χ0n) is 13.5. The Morgan fingerprint density at radius 2 is 1.41 bits per heavy atom. The predicted octanol–water partition coefficient (Wildman–Crippen LogP) is -0.955. The summed E-state index contributed by atoms with van der Waals surface area (Å²) in [6, 6.07) is 0. The average Bonchev–Trinajstić information content (AvgIpc) is 2.56. The quantitative estimate of drug-likeness (QED) is 0.521. The zero-order chi connectivity index (χ0) is 15.5. The monoisotopic (exact) mass is 318 g/mol. The Kier molecular flexibility index (Phi) is 9.27. The van der Waals surface area contributed by atoms with Crippen molar-refractivity contribution in [3.8, 4) is 0 Å². The number of morpholine rings is 2. The van der Waals surface area contributed by atoms with Crippen molar-refractivity contribution in [2.45, 2.75) is 6.10 Å². The smallest absolute Gasteiger partial charge is 0.0900 e. The van der Waals surface area contributed by atoms with Crippen LogP contribution in [0.2, 0.25) is 0 Å². The number of aliphatic hydroxyl groups is 1. The van der Waals surface area contributed by atoms with E-state index in [0.29, 0.717) is 26.4 Å². The van der Waals surface area contributed by atoms with Gasteiger partial charge in [-0.15, -0.1) is 0 Å². The molecular weight excluding hydrogens is 288 g/mol. The van der Waals surface area contributed by atoms with Crippen LogP contribution in [0, 0.1) is 0 Å². The van der Waals surface area contributed by atoms with Gasteiger partial charge in [0, 0.05) is 39.3 Å². The molecule has 0 aromatic carbocycles. The molecule has 22 heavy (non-hydrogen) atoms. The zero-order valence-corrected chi connectivity index (χ0v) is 13.5. The molecule has 2 heterocycles. The van der Waals surface area contributed by atoms with Gasteiger partial charge in [-0.05, 0) is 0 Å². The lowest BCUT2D eigenvalue weighted by Gasteiger charge is -2.28. The highest BCUT2D eigenvalue weighted by Gasteiger charge is 2.14. The Labute approximate surface area is 133 Å². The van der Waals surface area contributed by atoms with Crippen LogP contribution in [-0.2, 0) is 18.9 Å². The van der Waals surface area contributed by atoms with Gasteiger partial charge in [-0.2, -0.15) is 0 Å². The summed E-state index contributed by atoms with van der Waals surface area (Å²) in [5.41, 5.74) is 0. The molecule has 0 radical (unpaired) electrons. The number of aliphatic hydroxyl groups excluding tert-OH is 1. The Balaban J connectivity index is 1.37. The molecule has 1 N–H and O–H groups in total. The minimum absolute atomic E-state index is 0.365. The fourth-order valence-electron chi connectivity index (χ4n) is 2.59. The Hall–Kier alpha value is -0.280. The van der Waals surface area contributed by atoms with Gasteiger partial charge in [-0.25, -0.2) is 0 Å². The molecule has 1 unspecified atom stereocenters. The largest absolute Gasteiger partial charge is 0.389 e. The van der Waals surface area contributed by atoms with Crippen molar-refractivity contribution < 1.29 is 24.1 Å². The van der Waals surface area contributed by atoms with E-state index in [1.165, 1.54) is 0 Å². The number of nitrogens with zero attached hydrogens (tertiary/aromatic N) is 2.